The molecule has 0 spiro atoms. The van der Waals surface area contributed by atoms with Gasteiger partial charge in [0.05, 0.1) is 12.6 Å². The lowest BCUT2D eigenvalue weighted by molar-refractivity contribution is 0.148. The minimum atomic E-state index is -1.85. The first-order valence-corrected chi connectivity index (χ1v) is 12.8. The Bertz CT molecular complexity index is 745. The fourth-order valence-corrected chi connectivity index (χ4v) is 4.10. The van der Waals surface area contributed by atoms with Crippen molar-refractivity contribution in [1.82, 2.24) is 4.90 Å². The monoisotopic (exact) mass is 401 g/mol. The summed E-state index contributed by atoms with van der Waals surface area (Å²) in [6, 6.07) is 10.1. The number of hydrogen-bond donors (Lipinski definition) is 1. The van der Waals surface area contributed by atoms with Gasteiger partial charge in [-0.3, -0.25) is 4.90 Å². The second kappa shape index (κ2) is 8.25. The molecule has 0 bridgehead atoms. The summed E-state index contributed by atoms with van der Waals surface area (Å²) in [6.07, 6.45) is 5.39. The molecule has 0 aliphatic carbocycles. The summed E-state index contributed by atoms with van der Waals surface area (Å²) in [5.41, 5.74) is 2.12. The molecule has 2 rings (SSSR count). The number of rotatable bonds is 6. The van der Waals surface area contributed by atoms with Gasteiger partial charge in [-0.2, -0.15) is 0 Å². The van der Waals surface area contributed by atoms with Gasteiger partial charge in [-0.1, -0.05) is 71.0 Å². The Hall–Kier alpha value is -1.85. The third-order valence-corrected chi connectivity index (χ3v) is 10.6. The molecule has 0 saturated carbocycles. The molecule has 1 aromatic rings. The van der Waals surface area contributed by atoms with Gasteiger partial charge in [0, 0.05) is 6.20 Å². The molecule has 1 heterocycles. The molecule has 1 amide bonds. The van der Waals surface area contributed by atoms with Crippen molar-refractivity contribution < 1.29 is 14.3 Å². The number of hydrogen-bond acceptors (Lipinski definition) is 2. The highest BCUT2D eigenvalue weighted by Crippen LogP contribution is 2.37. The van der Waals surface area contributed by atoms with E-state index >= 15 is 0 Å². The largest absolute Gasteiger partial charge is 0.465 e. The molecule has 1 aromatic carbocycles. The molecule has 1 aliphatic heterocycles. The number of amides is 1. The summed E-state index contributed by atoms with van der Waals surface area (Å²) in [6.45, 7) is 16.0. The van der Waals surface area contributed by atoms with E-state index in [2.05, 4.69) is 65.9 Å². The van der Waals surface area contributed by atoms with Crippen molar-refractivity contribution in [1.29, 1.82) is 0 Å². The van der Waals surface area contributed by atoms with Gasteiger partial charge in [-0.25, -0.2) is 4.79 Å². The standard InChI is InChI=1S/C23H35NO3Si/c1-22(2,3)28(6,7)27-17-18-13-14-24(21(25)26)20(15-18)16-23(4,5)19-11-9-8-10-12-19/h8-15,20H,16-17H2,1-7H3,(H,25,26). The van der Waals surface area contributed by atoms with Crippen molar-refractivity contribution in [2.45, 2.75) is 70.6 Å². The van der Waals surface area contributed by atoms with Gasteiger partial charge >= 0.3 is 6.09 Å². The zero-order valence-electron chi connectivity index (χ0n) is 18.3. The van der Waals surface area contributed by atoms with E-state index in [1.807, 2.05) is 24.3 Å². The van der Waals surface area contributed by atoms with Crippen molar-refractivity contribution in [2.24, 2.45) is 0 Å². The molecule has 0 aromatic heterocycles. The summed E-state index contributed by atoms with van der Waals surface area (Å²) in [4.78, 5) is 13.2. The van der Waals surface area contributed by atoms with Gasteiger partial charge in [0.1, 0.15) is 0 Å². The van der Waals surface area contributed by atoms with Crippen molar-refractivity contribution >= 4 is 14.4 Å². The number of nitrogens with zero attached hydrogens (tertiary/aromatic N) is 1. The predicted molar refractivity (Wildman–Crippen MR) is 118 cm³/mol. The Balaban J connectivity index is 2.20. The lowest BCUT2D eigenvalue weighted by Gasteiger charge is -2.37. The first kappa shape index (κ1) is 22.4. The molecular weight excluding hydrogens is 366 g/mol. The minimum absolute atomic E-state index is 0.146. The van der Waals surface area contributed by atoms with E-state index < -0.39 is 14.4 Å². The van der Waals surface area contributed by atoms with Crippen LogP contribution in [-0.2, 0) is 9.84 Å². The van der Waals surface area contributed by atoms with Crippen LogP contribution in [0.15, 0.2) is 54.3 Å². The zero-order valence-corrected chi connectivity index (χ0v) is 19.3. The van der Waals surface area contributed by atoms with Crippen LogP contribution >= 0.6 is 0 Å². The second-order valence-electron chi connectivity index (χ2n) is 9.82. The summed E-state index contributed by atoms with van der Waals surface area (Å²) in [5.74, 6) is 0. The molecule has 1 aliphatic rings. The molecular formula is C23H35NO3Si. The van der Waals surface area contributed by atoms with Crippen molar-refractivity contribution in [3.8, 4) is 0 Å². The molecule has 0 fully saturated rings. The van der Waals surface area contributed by atoms with Gasteiger partial charge in [-0.15, -0.1) is 0 Å². The van der Waals surface area contributed by atoms with Crippen LogP contribution in [0.2, 0.25) is 18.1 Å². The van der Waals surface area contributed by atoms with E-state index in [9.17, 15) is 9.90 Å². The topological polar surface area (TPSA) is 49.8 Å². The molecule has 28 heavy (non-hydrogen) atoms. The van der Waals surface area contributed by atoms with Crippen LogP contribution in [0.25, 0.3) is 0 Å². The highest BCUT2D eigenvalue weighted by Gasteiger charge is 2.37. The quantitative estimate of drug-likeness (QED) is 0.579. The highest BCUT2D eigenvalue weighted by molar-refractivity contribution is 6.74. The van der Waals surface area contributed by atoms with E-state index in [0.717, 1.165) is 5.57 Å². The van der Waals surface area contributed by atoms with Crippen LogP contribution in [0.3, 0.4) is 0 Å². The molecule has 5 heteroatoms. The molecule has 1 N–H and O–H groups in total. The SMILES string of the molecule is CC(C)(CC1C=C(CO[Si](C)(C)C(C)(C)C)C=CN1C(=O)O)c1ccccc1. The van der Waals surface area contributed by atoms with E-state index in [1.165, 1.54) is 10.5 Å². The van der Waals surface area contributed by atoms with Crippen LogP contribution in [0.5, 0.6) is 0 Å². The van der Waals surface area contributed by atoms with Crippen molar-refractivity contribution in [3.05, 3.63) is 59.8 Å². The minimum Gasteiger partial charge on any atom is -0.465 e. The second-order valence-corrected chi connectivity index (χ2v) is 14.6. The highest BCUT2D eigenvalue weighted by atomic mass is 28.4. The average Bonchev–Trinajstić information content (AvgIpc) is 2.59. The van der Waals surface area contributed by atoms with Crippen LogP contribution in [0.4, 0.5) is 4.79 Å². The maximum atomic E-state index is 11.8. The first-order chi connectivity index (χ1) is 12.8. The van der Waals surface area contributed by atoms with Gasteiger partial charge in [-0.05, 0) is 47.2 Å². The lowest BCUT2D eigenvalue weighted by atomic mass is 9.78. The summed E-state index contributed by atoms with van der Waals surface area (Å²) < 4.78 is 6.35. The normalized spacial score (nSPS) is 18.2. The third kappa shape index (κ3) is 5.36. The molecule has 154 valence electrons. The summed E-state index contributed by atoms with van der Waals surface area (Å²) >= 11 is 0. The fraction of sp³-hybridized carbons (Fsp3) is 0.522. The molecule has 1 atom stereocenters. The molecule has 4 nitrogen and oxygen atoms in total. The Morgan fingerprint density at radius 2 is 1.75 bits per heavy atom. The van der Waals surface area contributed by atoms with Gasteiger partial charge in [0.2, 0.25) is 0 Å². The number of carboxylic acid groups (broad SMARTS) is 1. The Labute approximate surface area is 171 Å². The van der Waals surface area contributed by atoms with E-state index in [1.54, 1.807) is 6.20 Å². The fourth-order valence-electron chi connectivity index (χ4n) is 3.14. The Morgan fingerprint density at radius 1 is 1.14 bits per heavy atom. The third-order valence-electron chi connectivity index (χ3n) is 6.11. The average molecular weight is 402 g/mol. The predicted octanol–water partition coefficient (Wildman–Crippen LogP) is 6.18. The Kier molecular flexibility index (Phi) is 6.61. The maximum Gasteiger partial charge on any atom is 0.411 e. The molecule has 0 saturated heterocycles. The number of benzene rings is 1. The summed E-state index contributed by atoms with van der Waals surface area (Å²) in [5, 5.41) is 9.80. The molecule has 0 radical (unpaired) electrons. The lowest BCUT2D eigenvalue weighted by Crippen LogP contribution is -2.42. The van der Waals surface area contributed by atoms with Gasteiger partial charge < -0.3 is 9.53 Å². The van der Waals surface area contributed by atoms with Crippen LogP contribution < -0.4 is 0 Å². The van der Waals surface area contributed by atoms with Crippen molar-refractivity contribution in [2.75, 3.05) is 6.61 Å². The van der Waals surface area contributed by atoms with E-state index in [-0.39, 0.29) is 16.5 Å². The van der Waals surface area contributed by atoms with Crippen LogP contribution in [0.1, 0.15) is 46.6 Å². The smallest absolute Gasteiger partial charge is 0.411 e. The van der Waals surface area contributed by atoms with Crippen LogP contribution in [0, 0.1) is 0 Å². The Morgan fingerprint density at radius 3 is 2.29 bits per heavy atom. The maximum absolute atomic E-state index is 11.8. The van der Waals surface area contributed by atoms with Crippen molar-refractivity contribution in [3.63, 3.8) is 0 Å². The first-order valence-electron chi connectivity index (χ1n) is 9.93. The van der Waals surface area contributed by atoms with E-state index in [4.69, 9.17) is 4.43 Å². The van der Waals surface area contributed by atoms with Gasteiger partial charge in [0.25, 0.3) is 0 Å². The summed E-state index contributed by atoms with van der Waals surface area (Å²) in [7, 11) is -1.85. The van der Waals surface area contributed by atoms with E-state index in [0.29, 0.717) is 13.0 Å². The van der Waals surface area contributed by atoms with Crippen LogP contribution in [-0.4, -0.2) is 37.1 Å². The zero-order chi connectivity index (χ0) is 21.2. The molecule has 1 unspecified atom stereocenters. The number of carbonyl (C=O) groups is 1. The van der Waals surface area contributed by atoms with Gasteiger partial charge in [0.15, 0.2) is 8.32 Å².